The van der Waals surface area contributed by atoms with Gasteiger partial charge >= 0.3 is 0 Å². The lowest BCUT2D eigenvalue weighted by Gasteiger charge is -2.36. The first kappa shape index (κ1) is 54.6. The zero-order valence-electron chi connectivity index (χ0n) is 42.7. The minimum atomic E-state index is -1.07. The van der Waals surface area contributed by atoms with E-state index in [0.29, 0.717) is 74.0 Å². The molecule has 1 aliphatic carbocycles. The van der Waals surface area contributed by atoms with Crippen LogP contribution in [0.15, 0.2) is 60.7 Å². The smallest absolute Gasteiger partial charge is 0.247 e. The van der Waals surface area contributed by atoms with Gasteiger partial charge in [-0.25, -0.2) is 0 Å². The molecule has 392 valence electrons. The van der Waals surface area contributed by atoms with Crippen LogP contribution in [0, 0.1) is 10.8 Å². The number of carbonyl (C=O) groups is 8. The molecular formula is C52H74N10O8S2. The molecule has 8 N–H and O–H groups in total. The summed E-state index contributed by atoms with van der Waals surface area (Å²) in [4.78, 5) is 115. The quantitative estimate of drug-likeness (QED) is 0.121. The van der Waals surface area contributed by atoms with E-state index in [9.17, 15) is 38.4 Å². The van der Waals surface area contributed by atoms with E-state index >= 15 is 0 Å². The van der Waals surface area contributed by atoms with Gasteiger partial charge in [0.15, 0.2) is 0 Å². The van der Waals surface area contributed by atoms with Crippen LogP contribution in [0.3, 0.4) is 0 Å². The summed E-state index contributed by atoms with van der Waals surface area (Å²) in [6, 6.07) is 10.9. The molecule has 0 spiro atoms. The fourth-order valence-corrected chi connectivity index (χ4v) is 14.0. The van der Waals surface area contributed by atoms with E-state index in [0.717, 1.165) is 0 Å². The second-order valence-electron chi connectivity index (χ2n) is 21.3. The summed E-state index contributed by atoms with van der Waals surface area (Å²) >= 11 is 3.20. The third-order valence-electron chi connectivity index (χ3n) is 15.2. The minimum absolute atomic E-state index is 0.268. The molecule has 5 fully saturated rings. The van der Waals surface area contributed by atoms with Crippen LogP contribution in [0.25, 0.3) is 0 Å². The summed E-state index contributed by atoms with van der Waals surface area (Å²) in [5.41, 5.74) is -0.120. The lowest BCUT2D eigenvalue weighted by atomic mass is 9.83. The number of rotatable bonds is 16. The molecule has 7 rings (SSSR count). The Morgan fingerprint density at radius 3 is 1.21 bits per heavy atom. The Labute approximate surface area is 432 Å². The van der Waals surface area contributed by atoms with Crippen LogP contribution < -0.4 is 42.5 Å². The number of nitrogens with one attached hydrogen (secondary N) is 8. The number of benzene rings is 2. The maximum absolute atomic E-state index is 14.6. The highest BCUT2D eigenvalue weighted by Gasteiger charge is 2.56. The molecule has 4 saturated heterocycles. The molecule has 20 heteroatoms. The van der Waals surface area contributed by atoms with Crippen LogP contribution in [0.2, 0.25) is 0 Å². The summed E-state index contributed by atoms with van der Waals surface area (Å²) in [5.74, 6) is -1.69. The van der Waals surface area contributed by atoms with Crippen LogP contribution in [0.5, 0.6) is 0 Å². The van der Waals surface area contributed by atoms with Crippen LogP contribution >= 0.6 is 23.5 Å². The van der Waals surface area contributed by atoms with Crippen molar-refractivity contribution in [1.82, 2.24) is 52.3 Å². The van der Waals surface area contributed by atoms with Gasteiger partial charge in [0.1, 0.15) is 36.3 Å². The largest absolute Gasteiger partial charge is 0.351 e. The number of hydrogen-bond acceptors (Lipinski definition) is 12. The van der Waals surface area contributed by atoms with Crippen molar-refractivity contribution in [1.29, 1.82) is 0 Å². The van der Waals surface area contributed by atoms with Gasteiger partial charge in [0.05, 0.1) is 22.8 Å². The minimum Gasteiger partial charge on any atom is -0.351 e. The summed E-state index contributed by atoms with van der Waals surface area (Å²) < 4.78 is 0. The van der Waals surface area contributed by atoms with Crippen LogP contribution in [0.4, 0.5) is 0 Å². The second-order valence-corrected chi connectivity index (χ2v) is 23.9. The normalized spacial score (nSPS) is 28.3. The predicted molar refractivity (Wildman–Crippen MR) is 278 cm³/mol. The van der Waals surface area contributed by atoms with Crippen molar-refractivity contribution < 1.29 is 38.4 Å². The summed E-state index contributed by atoms with van der Waals surface area (Å²) in [5, 5.41) is 23.5. The van der Waals surface area contributed by atoms with Gasteiger partial charge in [0, 0.05) is 12.1 Å². The molecule has 2 aromatic rings. The highest BCUT2D eigenvalue weighted by atomic mass is 32.2. The van der Waals surface area contributed by atoms with E-state index in [1.807, 2.05) is 39.8 Å². The van der Waals surface area contributed by atoms with Gasteiger partial charge in [0.2, 0.25) is 47.3 Å². The predicted octanol–water partition coefficient (Wildman–Crippen LogP) is 2.61. The first-order chi connectivity index (χ1) is 34.2. The maximum atomic E-state index is 14.6. The van der Waals surface area contributed by atoms with Gasteiger partial charge in [0.25, 0.3) is 0 Å². The number of likely N-dealkylation sites (N-methyl/N-ethyl adjacent to an activating group) is 2. The van der Waals surface area contributed by atoms with Crippen molar-refractivity contribution in [3.05, 3.63) is 71.8 Å². The molecule has 1 saturated carbocycles. The summed E-state index contributed by atoms with van der Waals surface area (Å²) in [6.45, 7) is 11.2. The average Bonchev–Trinajstić information content (AvgIpc) is 3.68. The lowest BCUT2D eigenvalue weighted by molar-refractivity contribution is -0.144. The molecule has 0 radical (unpaired) electrons. The van der Waals surface area contributed by atoms with Crippen LogP contribution in [-0.2, 0) is 38.4 Å². The van der Waals surface area contributed by atoms with Gasteiger partial charge in [-0.15, -0.1) is 23.5 Å². The first-order valence-corrected chi connectivity index (χ1v) is 27.5. The average molecular weight is 1030 g/mol. The third kappa shape index (κ3) is 12.2. The Morgan fingerprint density at radius 1 is 0.528 bits per heavy atom. The number of fused-ring (bicyclic) bond motifs is 2. The van der Waals surface area contributed by atoms with E-state index in [-0.39, 0.29) is 46.5 Å². The Hall–Kier alpha value is -5.18. The third-order valence-corrected chi connectivity index (χ3v) is 17.7. The molecule has 4 heterocycles. The van der Waals surface area contributed by atoms with Crippen LogP contribution in [0.1, 0.15) is 116 Å². The molecule has 0 bridgehead atoms. The van der Waals surface area contributed by atoms with Gasteiger partial charge in [-0.3, -0.25) is 38.4 Å². The fourth-order valence-electron chi connectivity index (χ4n) is 10.8. The molecule has 1 unspecified atom stereocenters. The zero-order valence-corrected chi connectivity index (χ0v) is 44.4. The van der Waals surface area contributed by atoms with E-state index in [1.54, 1.807) is 110 Å². The lowest BCUT2D eigenvalue weighted by Crippen LogP contribution is -2.59. The zero-order chi connectivity index (χ0) is 52.1. The van der Waals surface area contributed by atoms with Crippen molar-refractivity contribution >= 4 is 70.8 Å². The SMILES string of the molecule is CN[C@@H](C)C(=O)N[C@H]1CCS[C@H]2CC(C)(C)[C@@H](C(=O)NC(C(=O)N[C@H]3CC[C@H](NC(=O)[C@@H](NC(=O)[C@H]4N5C(=O)[C@@H](NC(=O)[C@H](C)NC)CCS[C@H]5CC4(C)C)c4ccccc4)CC3)c3ccccc3)N2C1=O. The maximum Gasteiger partial charge on any atom is 0.247 e. The van der Waals surface area contributed by atoms with E-state index < -0.39 is 82.8 Å². The van der Waals surface area contributed by atoms with Gasteiger partial charge in [-0.1, -0.05) is 88.4 Å². The van der Waals surface area contributed by atoms with Crippen molar-refractivity contribution in [2.24, 2.45) is 10.8 Å². The number of amides is 8. The van der Waals surface area contributed by atoms with E-state index in [4.69, 9.17) is 0 Å². The Bertz CT molecular complexity index is 2160. The molecule has 0 aromatic heterocycles. The monoisotopic (exact) mass is 1030 g/mol. The van der Waals surface area contributed by atoms with Gasteiger partial charge in [-0.05, 0) is 113 Å². The van der Waals surface area contributed by atoms with Crippen molar-refractivity contribution in [2.45, 2.75) is 164 Å². The first-order valence-electron chi connectivity index (χ1n) is 25.4. The van der Waals surface area contributed by atoms with Crippen molar-refractivity contribution in [2.75, 3.05) is 25.6 Å². The van der Waals surface area contributed by atoms with Crippen molar-refractivity contribution in [3.63, 3.8) is 0 Å². The number of hydrogen-bond donors (Lipinski definition) is 8. The summed E-state index contributed by atoms with van der Waals surface area (Å²) in [7, 11) is 3.35. The molecule has 10 atom stereocenters. The van der Waals surface area contributed by atoms with Gasteiger partial charge in [-0.2, -0.15) is 0 Å². The number of nitrogens with zero attached hydrogens (tertiary/aromatic N) is 2. The second kappa shape index (κ2) is 23.4. The van der Waals surface area contributed by atoms with E-state index in [2.05, 4.69) is 42.5 Å². The summed E-state index contributed by atoms with van der Waals surface area (Å²) in [6.07, 6.45) is 4.11. The Kier molecular flexibility index (Phi) is 17.7. The Morgan fingerprint density at radius 2 is 0.875 bits per heavy atom. The molecule has 5 aliphatic rings. The Balaban J connectivity index is 1.00. The fraction of sp³-hybridized carbons (Fsp3) is 0.615. The topological polar surface area (TPSA) is 239 Å². The molecule has 4 aliphatic heterocycles. The van der Waals surface area contributed by atoms with E-state index in [1.165, 1.54) is 0 Å². The molecule has 8 amide bonds. The molecule has 72 heavy (non-hydrogen) atoms. The molecular weight excluding hydrogens is 957 g/mol. The van der Waals surface area contributed by atoms with Gasteiger partial charge < -0.3 is 52.3 Å². The van der Waals surface area contributed by atoms with Crippen molar-refractivity contribution in [3.8, 4) is 0 Å². The standard InChI is InChI=1S/C52H74N10O8S2/c1-29(53-7)43(63)57-35-23-25-71-37-27-51(3,4)41(61(37)49(35)69)47(67)59-39(31-15-11-9-12-16-31)45(65)55-33-19-21-34(22-20-33)56-46(66)40(32-17-13-10-14-18-32)60-48(68)42-52(5,6)28-38-62(42)50(70)36(24-26-72-38)58-44(64)30(2)54-8/h9-18,29-30,33-42,53-54H,19-28H2,1-8H3,(H,55,65)(H,56,66)(H,57,63)(H,58,64)(H,59,67)(H,60,68)/t29-,30-,33-,34-,35-,36-,37-,38-,39-,40?,41+,42+/m0/s1. The highest BCUT2D eigenvalue weighted by molar-refractivity contribution is 8.00. The van der Waals surface area contributed by atoms with Crippen LogP contribution in [-0.4, -0.2) is 142 Å². The highest BCUT2D eigenvalue weighted by Crippen LogP contribution is 2.48. The molecule has 18 nitrogen and oxygen atoms in total. The number of carbonyl (C=O) groups excluding carboxylic acids is 8. The number of thioether (sulfide) groups is 2. The molecule has 2 aromatic carbocycles.